The highest BCUT2D eigenvalue weighted by Gasteiger charge is 2.24. The fraction of sp³-hybridized carbons (Fsp3) is 0.643. The lowest BCUT2D eigenvalue weighted by Crippen LogP contribution is -2.52. The molecule has 1 N–H and O–H groups in total. The molecule has 1 aromatic rings. The Morgan fingerprint density at radius 2 is 2.20 bits per heavy atom. The Kier molecular flexibility index (Phi) is 6.19. The zero-order valence-electron chi connectivity index (χ0n) is 12.2. The van der Waals surface area contributed by atoms with E-state index in [0.717, 1.165) is 38.5 Å². The van der Waals surface area contributed by atoms with Gasteiger partial charge in [-0.2, -0.15) is 23.1 Å². The van der Waals surface area contributed by atoms with E-state index in [2.05, 4.69) is 40.2 Å². The van der Waals surface area contributed by atoms with Gasteiger partial charge < -0.3 is 10.2 Å². The van der Waals surface area contributed by atoms with Gasteiger partial charge in [-0.05, 0) is 35.6 Å². The van der Waals surface area contributed by atoms with Crippen LogP contribution >= 0.6 is 23.1 Å². The summed E-state index contributed by atoms with van der Waals surface area (Å²) < 4.78 is 0. The minimum absolute atomic E-state index is 0.0851. The number of carbonyl (C=O) groups is 1. The molecular formula is C14H23N3OS2. The molecule has 4 nitrogen and oxygen atoms in total. The molecule has 2 rings (SSSR count). The average molecular weight is 313 g/mol. The monoisotopic (exact) mass is 313 g/mol. The van der Waals surface area contributed by atoms with Gasteiger partial charge in [-0.1, -0.05) is 0 Å². The summed E-state index contributed by atoms with van der Waals surface area (Å²) in [5, 5.41) is 7.31. The molecule has 0 bridgehead atoms. The van der Waals surface area contributed by atoms with E-state index in [1.54, 1.807) is 23.1 Å². The van der Waals surface area contributed by atoms with E-state index in [0.29, 0.717) is 6.04 Å². The van der Waals surface area contributed by atoms with E-state index in [1.165, 1.54) is 5.56 Å². The average Bonchev–Trinajstić information content (AvgIpc) is 3.01. The summed E-state index contributed by atoms with van der Waals surface area (Å²) in [7, 11) is 0. The third kappa shape index (κ3) is 4.14. The molecule has 1 aliphatic rings. The van der Waals surface area contributed by atoms with Crippen LogP contribution in [-0.4, -0.2) is 60.6 Å². The summed E-state index contributed by atoms with van der Waals surface area (Å²) in [5.41, 5.74) is 1.38. The van der Waals surface area contributed by atoms with Crippen LogP contribution in [0.5, 0.6) is 0 Å². The first-order valence-corrected chi connectivity index (χ1v) is 9.34. The molecule has 0 unspecified atom stereocenters. The van der Waals surface area contributed by atoms with Gasteiger partial charge in [0.05, 0.1) is 0 Å². The highest BCUT2D eigenvalue weighted by molar-refractivity contribution is 7.98. The van der Waals surface area contributed by atoms with Crippen LogP contribution in [0.2, 0.25) is 0 Å². The van der Waals surface area contributed by atoms with E-state index in [-0.39, 0.29) is 6.03 Å². The molecule has 1 aliphatic heterocycles. The molecule has 0 aliphatic carbocycles. The third-order valence-electron chi connectivity index (χ3n) is 3.76. The minimum atomic E-state index is 0.0851. The molecular weight excluding hydrogens is 290 g/mol. The van der Waals surface area contributed by atoms with Crippen LogP contribution in [0.1, 0.15) is 18.5 Å². The molecule has 1 aromatic heterocycles. The van der Waals surface area contributed by atoms with Gasteiger partial charge in [-0.25, -0.2) is 4.79 Å². The number of piperazine rings is 1. The van der Waals surface area contributed by atoms with Crippen LogP contribution < -0.4 is 5.32 Å². The summed E-state index contributed by atoms with van der Waals surface area (Å²) in [6.45, 7) is 6.54. The fourth-order valence-electron chi connectivity index (χ4n) is 2.41. The zero-order valence-corrected chi connectivity index (χ0v) is 13.8. The second kappa shape index (κ2) is 7.90. The molecule has 0 radical (unpaired) electrons. The number of nitrogens with one attached hydrogen (secondary N) is 1. The van der Waals surface area contributed by atoms with Gasteiger partial charge in [-0.15, -0.1) is 0 Å². The Hall–Kier alpha value is -0.720. The first-order valence-electron chi connectivity index (χ1n) is 7.00. The van der Waals surface area contributed by atoms with E-state index in [9.17, 15) is 4.79 Å². The molecule has 2 amide bonds. The van der Waals surface area contributed by atoms with Crippen LogP contribution in [0.15, 0.2) is 16.8 Å². The summed E-state index contributed by atoms with van der Waals surface area (Å²) in [4.78, 5) is 16.3. The van der Waals surface area contributed by atoms with Crippen LogP contribution in [0, 0.1) is 0 Å². The number of hydrogen-bond donors (Lipinski definition) is 1. The Morgan fingerprint density at radius 1 is 1.45 bits per heavy atom. The molecule has 1 atom stereocenters. The largest absolute Gasteiger partial charge is 0.337 e. The standard InChI is InChI=1S/C14H23N3OS2/c1-12(13-3-9-20-11-13)16-5-7-17(8-6-16)14(18)15-4-10-19-2/h3,9,11-12H,4-8,10H2,1-2H3,(H,15,18)/t12-/m1/s1. The topological polar surface area (TPSA) is 35.6 Å². The maximum absolute atomic E-state index is 12.0. The highest BCUT2D eigenvalue weighted by Crippen LogP contribution is 2.23. The predicted octanol–water partition coefficient (Wildman–Crippen LogP) is 2.50. The van der Waals surface area contributed by atoms with Crippen molar-refractivity contribution >= 4 is 29.1 Å². The maximum Gasteiger partial charge on any atom is 0.317 e. The van der Waals surface area contributed by atoms with Crippen LogP contribution in [0.4, 0.5) is 4.79 Å². The van der Waals surface area contributed by atoms with Crippen molar-refractivity contribution in [2.75, 3.05) is 44.7 Å². The van der Waals surface area contributed by atoms with Crippen molar-refractivity contribution in [2.45, 2.75) is 13.0 Å². The lowest BCUT2D eigenvalue weighted by molar-refractivity contribution is 0.114. The molecule has 0 aromatic carbocycles. The molecule has 6 heteroatoms. The second-order valence-electron chi connectivity index (χ2n) is 4.98. The normalized spacial score (nSPS) is 18.0. The second-order valence-corrected chi connectivity index (χ2v) is 6.75. The van der Waals surface area contributed by atoms with Crippen molar-refractivity contribution in [2.24, 2.45) is 0 Å². The highest BCUT2D eigenvalue weighted by atomic mass is 32.2. The van der Waals surface area contributed by atoms with E-state index < -0.39 is 0 Å². The Balaban J connectivity index is 1.76. The van der Waals surface area contributed by atoms with Gasteiger partial charge in [0.2, 0.25) is 0 Å². The lowest BCUT2D eigenvalue weighted by Gasteiger charge is -2.37. The number of rotatable bonds is 5. The first-order chi connectivity index (χ1) is 9.72. The van der Waals surface area contributed by atoms with Gasteiger partial charge in [0.15, 0.2) is 0 Å². The first kappa shape index (κ1) is 15.7. The summed E-state index contributed by atoms with van der Waals surface area (Å²) in [6, 6.07) is 2.72. The number of hydrogen-bond acceptors (Lipinski definition) is 4. The molecule has 1 fully saturated rings. The van der Waals surface area contributed by atoms with E-state index in [1.807, 2.05) is 4.90 Å². The van der Waals surface area contributed by atoms with Crippen LogP contribution in [-0.2, 0) is 0 Å². The third-order valence-corrected chi connectivity index (χ3v) is 5.07. The molecule has 0 saturated carbocycles. The SMILES string of the molecule is CSCCNC(=O)N1CCN([C@H](C)c2ccsc2)CC1. The summed E-state index contributed by atoms with van der Waals surface area (Å²) >= 11 is 3.50. The van der Waals surface area contributed by atoms with Crippen molar-refractivity contribution in [3.05, 3.63) is 22.4 Å². The van der Waals surface area contributed by atoms with Gasteiger partial charge in [0.1, 0.15) is 0 Å². The lowest BCUT2D eigenvalue weighted by atomic mass is 10.1. The van der Waals surface area contributed by atoms with E-state index in [4.69, 9.17) is 0 Å². The molecule has 20 heavy (non-hydrogen) atoms. The molecule has 112 valence electrons. The number of nitrogens with zero attached hydrogens (tertiary/aromatic N) is 2. The van der Waals surface area contributed by atoms with Crippen LogP contribution in [0.25, 0.3) is 0 Å². The van der Waals surface area contributed by atoms with Gasteiger partial charge >= 0.3 is 6.03 Å². The zero-order chi connectivity index (χ0) is 14.4. The molecule has 1 saturated heterocycles. The van der Waals surface area contributed by atoms with Gasteiger partial charge in [0.25, 0.3) is 0 Å². The molecule has 0 spiro atoms. The van der Waals surface area contributed by atoms with Gasteiger partial charge in [-0.3, -0.25) is 4.90 Å². The maximum atomic E-state index is 12.0. The van der Waals surface area contributed by atoms with Crippen molar-refractivity contribution in [1.29, 1.82) is 0 Å². The van der Waals surface area contributed by atoms with Crippen molar-refractivity contribution in [3.8, 4) is 0 Å². The number of thioether (sulfide) groups is 1. The van der Waals surface area contributed by atoms with E-state index >= 15 is 0 Å². The minimum Gasteiger partial charge on any atom is -0.337 e. The Labute approximate surface area is 129 Å². The Bertz CT molecular complexity index is 403. The van der Waals surface area contributed by atoms with Crippen molar-refractivity contribution < 1.29 is 4.79 Å². The van der Waals surface area contributed by atoms with Crippen molar-refractivity contribution in [1.82, 2.24) is 15.1 Å². The molecule has 2 heterocycles. The smallest absolute Gasteiger partial charge is 0.317 e. The summed E-state index contributed by atoms with van der Waals surface area (Å²) in [5.74, 6) is 0.973. The number of urea groups is 1. The van der Waals surface area contributed by atoms with Gasteiger partial charge in [0, 0.05) is 44.5 Å². The number of carbonyl (C=O) groups excluding carboxylic acids is 1. The predicted molar refractivity (Wildman–Crippen MR) is 87.7 cm³/mol. The number of thiophene rings is 1. The Morgan fingerprint density at radius 3 is 2.80 bits per heavy atom. The summed E-state index contributed by atoms with van der Waals surface area (Å²) in [6.07, 6.45) is 2.05. The number of amides is 2. The van der Waals surface area contributed by atoms with Crippen LogP contribution in [0.3, 0.4) is 0 Å². The quantitative estimate of drug-likeness (QED) is 0.849. The fourth-order valence-corrected chi connectivity index (χ4v) is 3.46. The van der Waals surface area contributed by atoms with Crippen molar-refractivity contribution in [3.63, 3.8) is 0 Å².